The fourth-order valence-electron chi connectivity index (χ4n) is 1.32. The highest BCUT2D eigenvalue weighted by Crippen LogP contribution is 2.10. The molecule has 0 aliphatic carbocycles. The molecule has 0 amide bonds. The number of hydrogen-bond acceptors (Lipinski definition) is 3. The molecule has 0 saturated carbocycles. The highest BCUT2D eigenvalue weighted by molar-refractivity contribution is 6.18. The number of alkyl halides is 1. The van der Waals surface area contributed by atoms with E-state index in [4.69, 9.17) is 21.1 Å². The van der Waals surface area contributed by atoms with Gasteiger partial charge in [0.15, 0.2) is 0 Å². The second-order valence-corrected chi connectivity index (χ2v) is 4.85. The van der Waals surface area contributed by atoms with E-state index in [1.165, 1.54) is 0 Å². The van der Waals surface area contributed by atoms with E-state index in [0.29, 0.717) is 37.2 Å². The fourth-order valence-corrected chi connectivity index (χ4v) is 1.41. The van der Waals surface area contributed by atoms with Gasteiger partial charge in [-0.1, -0.05) is 25.7 Å². The topological polar surface area (TPSA) is 31.4 Å². The van der Waals surface area contributed by atoms with Crippen LogP contribution in [0, 0.1) is 17.8 Å². The summed E-state index contributed by atoms with van der Waals surface area (Å²) in [6.45, 7) is 6.10. The average molecular weight is 282 g/mol. The summed E-state index contributed by atoms with van der Waals surface area (Å²) in [6, 6.07) is 1.87. The van der Waals surface area contributed by atoms with Crippen LogP contribution in [0.2, 0.25) is 0 Å². The van der Waals surface area contributed by atoms with Crippen LogP contribution >= 0.6 is 11.6 Å². The molecular weight excluding hydrogens is 262 g/mol. The predicted molar refractivity (Wildman–Crippen MR) is 77.6 cm³/mol. The molecule has 19 heavy (non-hydrogen) atoms. The van der Waals surface area contributed by atoms with Crippen molar-refractivity contribution >= 4 is 11.6 Å². The number of hydrogen-bond donors (Lipinski definition) is 0. The molecule has 0 aromatic carbocycles. The minimum absolute atomic E-state index is 0.521. The van der Waals surface area contributed by atoms with Crippen LogP contribution in [0.15, 0.2) is 18.5 Å². The molecule has 0 aliphatic heterocycles. The smallest absolute Gasteiger partial charge is 0.138 e. The van der Waals surface area contributed by atoms with E-state index in [1.54, 1.807) is 12.4 Å². The first-order chi connectivity index (χ1) is 9.22. The molecule has 4 heteroatoms. The molecule has 1 heterocycles. The van der Waals surface area contributed by atoms with E-state index < -0.39 is 0 Å². The molecule has 1 aromatic rings. The van der Waals surface area contributed by atoms with Crippen LogP contribution in [-0.4, -0.2) is 30.7 Å². The summed E-state index contributed by atoms with van der Waals surface area (Å²) in [5.74, 6) is 7.76. The molecule has 0 spiro atoms. The van der Waals surface area contributed by atoms with Crippen LogP contribution in [0.25, 0.3) is 0 Å². The Bertz CT molecular complexity index is 424. The lowest BCUT2D eigenvalue weighted by Crippen LogP contribution is -2.10. The molecule has 104 valence electrons. The van der Waals surface area contributed by atoms with Crippen LogP contribution in [0.4, 0.5) is 0 Å². The van der Waals surface area contributed by atoms with Gasteiger partial charge in [-0.25, -0.2) is 0 Å². The minimum Gasteiger partial charge on any atom is -0.490 e. The molecule has 0 aliphatic rings. The average Bonchev–Trinajstić information content (AvgIpc) is 2.39. The first kappa shape index (κ1) is 15.8. The van der Waals surface area contributed by atoms with Crippen molar-refractivity contribution in [2.75, 3.05) is 25.7 Å². The zero-order valence-electron chi connectivity index (χ0n) is 11.5. The van der Waals surface area contributed by atoms with Gasteiger partial charge in [-0.05, 0) is 12.0 Å². The Balaban J connectivity index is 2.34. The Morgan fingerprint density at radius 2 is 2.16 bits per heavy atom. The van der Waals surface area contributed by atoms with Crippen molar-refractivity contribution in [1.82, 2.24) is 4.98 Å². The predicted octanol–water partition coefficient (Wildman–Crippen LogP) is 3.11. The molecule has 0 unspecified atom stereocenters. The van der Waals surface area contributed by atoms with Gasteiger partial charge in [-0.15, -0.1) is 11.6 Å². The van der Waals surface area contributed by atoms with Crippen LogP contribution in [0.5, 0.6) is 5.75 Å². The Morgan fingerprint density at radius 1 is 1.32 bits per heavy atom. The van der Waals surface area contributed by atoms with Crippen LogP contribution in [0.3, 0.4) is 0 Å². The van der Waals surface area contributed by atoms with Gasteiger partial charge in [0.05, 0.1) is 12.8 Å². The molecule has 0 bridgehead atoms. The van der Waals surface area contributed by atoms with Gasteiger partial charge in [0.1, 0.15) is 12.4 Å². The Labute approximate surface area is 120 Å². The standard InChI is InChI=1S/C15H20ClNO2/c1-13(2)12-18-7-8-19-15-9-14(10-17-11-15)5-3-4-6-16/h9-11,13H,4,6-8,12H2,1-2H3. The van der Waals surface area contributed by atoms with E-state index >= 15 is 0 Å². The van der Waals surface area contributed by atoms with Crippen LogP contribution in [-0.2, 0) is 4.74 Å². The summed E-state index contributed by atoms with van der Waals surface area (Å²) >= 11 is 5.56. The maximum atomic E-state index is 5.56. The van der Waals surface area contributed by atoms with E-state index in [-0.39, 0.29) is 0 Å². The van der Waals surface area contributed by atoms with E-state index in [1.807, 2.05) is 6.07 Å². The highest BCUT2D eigenvalue weighted by Gasteiger charge is 1.97. The van der Waals surface area contributed by atoms with Gasteiger partial charge in [-0.2, -0.15) is 0 Å². The SMILES string of the molecule is CC(C)COCCOc1cncc(C#CCCCl)c1. The van der Waals surface area contributed by atoms with Crippen molar-refractivity contribution in [2.24, 2.45) is 5.92 Å². The summed E-state index contributed by atoms with van der Waals surface area (Å²) in [7, 11) is 0. The van der Waals surface area contributed by atoms with Crippen molar-refractivity contribution in [1.29, 1.82) is 0 Å². The van der Waals surface area contributed by atoms with Crippen molar-refractivity contribution < 1.29 is 9.47 Å². The lowest BCUT2D eigenvalue weighted by Gasteiger charge is -2.08. The zero-order valence-corrected chi connectivity index (χ0v) is 12.2. The van der Waals surface area contributed by atoms with Gasteiger partial charge in [-0.3, -0.25) is 4.98 Å². The van der Waals surface area contributed by atoms with Gasteiger partial charge >= 0.3 is 0 Å². The molecule has 0 fully saturated rings. The summed E-state index contributed by atoms with van der Waals surface area (Å²) in [5.41, 5.74) is 0.839. The number of pyridine rings is 1. The van der Waals surface area contributed by atoms with Crippen molar-refractivity contribution in [2.45, 2.75) is 20.3 Å². The maximum absolute atomic E-state index is 5.56. The highest BCUT2D eigenvalue weighted by atomic mass is 35.5. The Kier molecular flexibility index (Phi) is 8.04. The summed E-state index contributed by atoms with van der Waals surface area (Å²) in [6.07, 6.45) is 4.06. The maximum Gasteiger partial charge on any atom is 0.138 e. The monoisotopic (exact) mass is 281 g/mol. The van der Waals surface area contributed by atoms with Crippen molar-refractivity contribution in [3.05, 3.63) is 24.0 Å². The van der Waals surface area contributed by atoms with Gasteiger partial charge < -0.3 is 9.47 Å². The van der Waals surface area contributed by atoms with E-state index in [0.717, 1.165) is 12.2 Å². The number of aromatic nitrogens is 1. The van der Waals surface area contributed by atoms with Gasteiger partial charge in [0.2, 0.25) is 0 Å². The molecular formula is C15H20ClNO2. The summed E-state index contributed by atoms with van der Waals surface area (Å²) < 4.78 is 11.0. The lowest BCUT2D eigenvalue weighted by molar-refractivity contribution is 0.0818. The third-order valence-electron chi connectivity index (χ3n) is 2.11. The lowest BCUT2D eigenvalue weighted by atomic mass is 10.2. The summed E-state index contributed by atoms with van der Waals surface area (Å²) in [5, 5.41) is 0. The number of ether oxygens (including phenoxy) is 2. The Hall–Kier alpha value is -1.24. The zero-order chi connectivity index (χ0) is 13.9. The second-order valence-electron chi connectivity index (χ2n) is 4.47. The van der Waals surface area contributed by atoms with Gasteiger partial charge in [0.25, 0.3) is 0 Å². The molecule has 3 nitrogen and oxygen atoms in total. The van der Waals surface area contributed by atoms with Crippen LogP contribution in [0.1, 0.15) is 25.8 Å². The first-order valence-electron chi connectivity index (χ1n) is 6.43. The molecule has 0 radical (unpaired) electrons. The van der Waals surface area contributed by atoms with E-state index in [9.17, 15) is 0 Å². The fraction of sp³-hybridized carbons (Fsp3) is 0.533. The summed E-state index contributed by atoms with van der Waals surface area (Å²) in [4.78, 5) is 4.09. The Morgan fingerprint density at radius 3 is 2.89 bits per heavy atom. The van der Waals surface area contributed by atoms with Crippen molar-refractivity contribution in [3.63, 3.8) is 0 Å². The quantitative estimate of drug-likeness (QED) is 0.437. The van der Waals surface area contributed by atoms with Crippen LogP contribution < -0.4 is 4.74 Å². The minimum atomic E-state index is 0.521. The number of rotatable bonds is 7. The molecule has 1 aromatic heterocycles. The first-order valence-corrected chi connectivity index (χ1v) is 6.96. The molecule has 0 N–H and O–H groups in total. The molecule has 0 saturated heterocycles. The normalized spacial score (nSPS) is 10.1. The van der Waals surface area contributed by atoms with Gasteiger partial charge in [0, 0.05) is 30.7 Å². The molecule has 0 atom stereocenters. The molecule has 1 rings (SSSR count). The third kappa shape index (κ3) is 7.71. The second kappa shape index (κ2) is 9.66. The number of halogens is 1. The van der Waals surface area contributed by atoms with Crippen molar-refractivity contribution in [3.8, 4) is 17.6 Å². The van der Waals surface area contributed by atoms with E-state index in [2.05, 4.69) is 30.7 Å². The number of nitrogens with zero attached hydrogens (tertiary/aromatic N) is 1. The largest absolute Gasteiger partial charge is 0.490 e. The third-order valence-corrected chi connectivity index (χ3v) is 2.30.